The van der Waals surface area contributed by atoms with Crippen LogP contribution in [0.3, 0.4) is 0 Å². The van der Waals surface area contributed by atoms with Crippen LogP contribution in [0.25, 0.3) is 0 Å². The van der Waals surface area contributed by atoms with E-state index in [4.69, 9.17) is 9.47 Å². The lowest BCUT2D eigenvalue weighted by Crippen LogP contribution is -2.56. The number of carbonyl (C=O) groups is 1. The molecule has 2 N–H and O–H groups in total. The Hall–Kier alpha value is -0.650. The molecule has 1 fully saturated rings. The summed E-state index contributed by atoms with van der Waals surface area (Å²) in [5.74, 6) is 0.177. The van der Waals surface area contributed by atoms with Crippen molar-refractivity contribution >= 4 is 5.91 Å². The summed E-state index contributed by atoms with van der Waals surface area (Å²) in [6.07, 6.45) is -0.435. The molecule has 0 aromatic heterocycles. The molecule has 0 bridgehead atoms. The number of hydrogen-bond acceptors (Lipinski definition) is 4. The average molecular weight is 216 g/mol. The van der Waals surface area contributed by atoms with Crippen molar-refractivity contribution in [3.63, 3.8) is 0 Å². The smallest absolute Gasteiger partial charge is 0.237 e. The molecule has 5 heteroatoms. The number of hydrogen-bond donors (Lipinski definition) is 2. The van der Waals surface area contributed by atoms with E-state index in [-0.39, 0.29) is 23.9 Å². The van der Waals surface area contributed by atoms with Crippen molar-refractivity contribution in [2.75, 3.05) is 6.79 Å². The number of carbonyl (C=O) groups excluding carboxylic acids is 1. The number of rotatable bonds is 5. The van der Waals surface area contributed by atoms with Crippen LogP contribution in [0.4, 0.5) is 0 Å². The van der Waals surface area contributed by atoms with Crippen molar-refractivity contribution < 1.29 is 14.3 Å². The highest BCUT2D eigenvalue weighted by molar-refractivity contribution is 5.82. The van der Waals surface area contributed by atoms with Crippen molar-refractivity contribution in [1.82, 2.24) is 10.6 Å². The molecule has 0 unspecified atom stereocenters. The van der Waals surface area contributed by atoms with Gasteiger partial charge in [0.25, 0.3) is 0 Å². The van der Waals surface area contributed by atoms with Crippen LogP contribution in [0.5, 0.6) is 0 Å². The Balaban J connectivity index is 2.44. The second kappa shape index (κ2) is 5.44. The van der Waals surface area contributed by atoms with E-state index in [1.54, 1.807) is 0 Å². The lowest BCUT2D eigenvalue weighted by molar-refractivity contribution is -0.335. The van der Waals surface area contributed by atoms with Crippen LogP contribution in [0.2, 0.25) is 0 Å². The molecule has 0 aromatic carbocycles. The molecule has 88 valence electrons. The quantitative estimate of drug-likeness (QED) is 0.699. The van der Waals surface area contributed by atoms with Gasteiger partial charge in [-0.2, -0.15) is 0 Å². The standard InChI is InChI=1S/C10H20N2O3/c1-6(2)8(9(13)11-7(3)4)12-10-14-5-15-10/h6-8,10,12H,5H2,1-4H3,(H,11,13)/t8-/m0/s1. The average Bonchev–Trinajstić information content (AvgIpc) is 1.98. The second-order valence-electron chi connectivity index (χ2n) is 4.33. The minimum Gasteiger partial charge on any atom is -0.353 e. The minimum atomic E-state index is -0.435. The van der Waals surface area contributed by atoms with Crippen molar-refractivity contribution in [2.45, 2.75) is 46.2 Å². The number of amides is 1. The number of ether oxygens (including phenoxy) is 2. The second-order valence-corrected chi connectivity index (χ2v) is 4.33. The maximum atomic E-state index is 11.8. The van der Waals surface area contributed by atoms with Crippen molar-refractivity contribution in [3.05, 3.63) is 0 Å². The predicted octanol–water partition coefficient (Wildman–Crippen LogP) is 0.413. The summed E-state index contributed by atoms with van der Waals surface area (Å²) in [5, 5.41) is 5.87. The van der Waals surface area contributed by atoms with E-state index >= 15 is 0 Å². The van der Waals surface area contributed by atoms with Gasteiger partial charge >= 0.3 is 0 Å². The molecule has 0 radical (unpaired) electrons. The van der Waals surface area contributed by atoms with E-state index in [9.17, 15) is 4.79 Å². The molecule has 0 saturated carbocycles. The van der Waals surface area contributed by atoms with Gasteiger partial charge < -0.3 is 14.8 Å². The first kappa shape index (κ1) is 12.4. The monoisotopic (exact) mass is 216 g/mol. The first-order valence-electron chi connectivity index (χ1n) is 5.30. The van der Waals surface area contributed by atoms with Gasteiger partial charge in [0.2, 0.25) is 12.3 Å². The van der Waals surface area contributed by atoms with Crippen LogP contribution in [0, 0.1) is 5.92 Å². The van der Waals surface area contributed by atoms with E-state index in [2.05, 4.69) is 10.6 Å². The van der Waals surface area contributed by atoms with Crippen LogP contribution in [0.1, 0.15) is 27.7 Å². The molecule has 1 atom stereocenters. The fourth-order valence-electron chi connectivity index (χ4n) is 1.32. The first-order valence-corrected chi connectivity index (χ1v) is 5.30. The van der Waals surface area contributed by atoms with E-state index in [1.807, 2.05) is 27.7 Å². The van der Waals surface area contributed by atoms with Gasteiger partial charge in [-0.15, -0.1) is 0 Å². The number of nitrogens with one attached hydrogen (secondary N) is 2. The molecular formula is C10H20N2O3. The minimum absolute atomic E-state index is 0.0147. The summed E-state index contributed by atoms with van der Waals surface area (Å²) in [6, 6.07) is -0.138. The highest BCUT2D eigenvalue weighted by Gasteiger charge is 2.29. The molecule has 0 aliphatic carbocycles. The molecule has 15 heavy (non-hydrogen) atoms. The molecule has 1 rings (SSSR count). The maximum absolute atomic E-state index is 11.8. The van der Waals surface area contributed by atoms with Gasteiger partial charge in [-0.1, -0.05) is 13.8 Å². The van der Waals surface area contributed by atoms with Gasteiger partial charge in [-0.25, -0.2) is 0 Å². The molecule has 1 aliphatic rings. The predicted molar refractivity (Wildman–Crippen MR) is 55.9 cm³/mol. The molecule has 5 nitrogen and oxygen atoms in total. The molecule has 1 saturated heterocycles. The molecule has 1 amide bonds. The topological polar surface area (TPSA) is 59.6 Å². The van der Waals surface area contributed by atoms with Crippen LogP contribution >= 0.6 is 0 Å². The van der Waals surface area contributed by atoms with Gasteiger partial charge in [0.05, 0.1) is 6.04 Å². The van der Waals surface area contributed by atoms with Crippen molar-refractivity contribution in [2.24, 2.45) is 5.92 Å². The lowest BCUT2D eigenvalue weighted by Gasteiger charge is -2.32. The summed E-state index contributed by atoms with van der Waals surface area (Å²) in [5.41, 5.74) is 0. The molecule has 1 heterocycles. The van der Waals surface area contributed by atoms with E-state index < -0.39 is 6.41 Å². The van der Waals surface area contributed by atoms with Crippen LogP contribution in [-0.2, 0) is 14.3 Å². The van der Waals surface area contributed by atoms with Gasteiger partial charge in [0.1, 0.15) is 0 Å². The van der Waals surface area contributed by atoms with Crippen molar-refractivity contribution in [3.8, 4) is 0 Å². The maximum Gasteiger partial charge on any atom is 0.237 e. The highest BCUT2D eigenvalue weighted by atomic mass is 16.9. The zero-order chi connectivity index (χ0) is 11.4. The van der Waals surface area contributed by atoms with Gasteiger partial charge in [0.15, 0.2) is 6.79 Å². The third kappa shape index (κ3) is 3.77. The Labute approximate surface area is 90.5 Å². The lowest BCUT2D eigenvalue weighted by atomic mass is 10.0. The van der Waals surface area contributed by atoms with Crippen LogP contribution in [0.15, 0.2) is 0 Å². The summed E-state index contributed by atoms with van der Waals surface area (Å²) in [4.78, 5) is 11.8. The fourth-order valence-corrected chi connectivity index (χ4v) is 1.32. The molecule has 0 aromatic rings. The third-order valence-corrected chi connectivity index (χ3v) is 2.13. The van der Waals surface area contributed by atoms with E-state index in [0.29, 0.717) is 6.79 Å². The van der Waals surface area contributed by atoms with Gasteiger partial charge in [-0.05, 0) is 19.8 Å². The SMILES string of the molecule is CC(C)NC(=O)[C@@H](NC1OCO1)C(C)C. The molecular weight excluding hydrogens is 196 g/mol. The summed E-state index contributed by atoms with van der Waals surface area (Å²) in [6.45, 7) is 8.14. The Morgan fingerprint density at radius 3 is 2.20 bits per heavy atom. The first-order chi connectivity index (χ1) is 7.00. The van der Waals surface area contributed by atoms with Crippen molar-refractivity contribution in [1.29, 1.82) is 0 Å². The Morgan fingerprint density at radius 2 is 1.87 bits per heavy atom. The zero-order valence-electron chi connectivity index (χ0n) is 9.74. The summed E-state index contributed by atoms with van der Waals surface area (Å²) in [7, 11) is 0. The molecule has 0 spiro atoms. The zero-order valence-corrected chi connectivity index (χ0v) is 9.74. The molecule has 1 aliphatic heterocycles. The van der Waals surface area contributed by atoms with E-state index in [0.717, 1.165) is 0 Å². The van der Waals surface area contributed by atoms with Crippen LogP contribution < -0.4 is 10.6 Å². The van der Waals surface area contributed by atoms with Crippen LogP contribution in [-0.4, -0.2) is 31.2 Å². The Kier molecular flexibility index (Phi) is 4.50. The fraction of sp³-hybridized carbons (Fsp3) is 0.900. The Morgan fingerprint density at radius 1 is 1.27 bits per heavy atom. The van der Waals surface area contributed by atoms with Gasteiger partial charge in [-0.3, -0.25) is 10.1 Å². The summed E-state index contributed by atoms with van der Waals surface area (Å²) >= 11 is 0. The largest absolute Gasteiger partial charge is 0.353 e. The summed E-state index contributed by atoms with van der Waals surface area (Å²) < 4.78 is 10.1. The highest BCUT2D eigenvalue weighted by Crippen LogP contribution is 2.09. The normalized spacial score (nSPS) is 19.1. The van der Waals surface area contributed by atoms with E-state index in [1.165, 1.54) is 0 Å². The van der Waals surface area contributed by atoms with Gasteiger partial charge in [0, 0.05) is 6.04 Å². The Bertz CT molecular complexity index is 215. The third-order valence-electron chi connectivity index (χ3n) is 2.13.